The second-order valence-electron chi connectivity index (χ2n) is 7.90. The van der Waals surface area contributed by atoms with Gasteiger partial charge in [-0.25, -0.2) is 0 Å². The molecule has 5 nitrogen and oxygen atoms in total. The molecule has 2 aromatic heterocycles. The fourth-order valence-electron chi connectivity index (χ4n) is 4.43. The largest absolute Gasteiger partial charge is 0.495 e. The van der Waals surface area contributed by atoms with Gasteiger partial charge in [0.15, 0.2) is 5.11 Å². The lowest BCUT2D eigenvalue weighted by Crippen LogP contribution is -2.30. The topological polar surface area (TPSA) is 42.3 Å². The van der Waals surface area contributed by atoms with E-state index in [9.17, 15) is 0 Å². The van der Waals surface area contributed by atoms with Gasteiger partial charge >= 0.3 is 0 Å². The summed E-state index contributed by atoms with van der Waals surface area (Å²) in [6, 6.07) is 24.0. The van der Waals surface area contributed by atoms with E-state index >= 15 is 0 Å². The summed E-state index contributed by atoms with van der Waals surface area (Å²) >= 11 is 12.3. The lowest BCUT2D eigenvalue weighted by Gasteiger charge is -2.29. The number of ether oxygens (including phenoxy) is 1. The monoisotopic (exact) mass is 474 g/mol. The Labute approximate surface area is 203 Å². The van der Waals surface area contributed by atoms with Crippen LogP contribution >= 0.6 is 23.8 Å². The molecule has 1 aliphatic heterocycles. The summed E-state index contributed by atoms with van der Waals surface area (Å²) in [6.07, 6.45) is 3.90. The highest BCUT2D eigenvalue weighted by Crippen LogP contribution is 2.43. The highest BCUT2D eigenvalue weighted by atomic mass is 35.5. The maximum Gasteiger partial charge on any atom is 0.174 e. The summed E-state index contributed by atoms with van der Waals surface area (Å²) < 4.78 is 7.58. The zero-order valence-electron chi connectivity index (χ0n) is 18.3. The van der Waals surface area contributed by atoms with Crippen molar-refractivity contribution in [3.8, 4) is 11.4 Å². The zero-order valence-corrected chi connectivity index (χ0v) is 19.8. The Bertz CT molecular complexity index is 1310. The Hall–Kier alpha value is -3.35. The molecule has 0 radical (unpaired) electrons. The Morgan fingerprint density at radius 2 is 1.85 bits per heavy atom. The number of para-hydroxylation sites is 1. The van der Waals surface area contributed by atoms with Crippen LogP contribution in [0.15, 0.2) is 85.2 Å². The molecule has 33 heavy (non-hydrogen) atoms. The van der Waals surface area contributed by atoms with Crippen LogP contribution in [-0.4, -0.2) is 21.8 Å². The van der Waals surface area contributed by atoms with Crippen LogP contribution in [0.25, 0.3) is 5.69 Å². The second kappa shape index (κ2) is 8.89. The van der Waals surface area contributed by atoms with Gasteiger partial charge in [0.25, 0.3) is 0 Å². The number of anilines is 1. The number of pyridine rings is 1. The fourth-order valence-corrected chi connectivity index (χ4v) is 5.02. The van der Waals surface area contributed by atoms with Crippen LogP contribution in [0.5, 0.6) is 5.75 Å². The van der Waals surface area contributed by atoms with E-state index in [0.29, 0.717) is 15.9 Å². The zero-order chi connectivity index (χ0) is 22.9. The molecule has 1 fully saturated rings. The number of methoxy groups -OCH3 is 1. The van der Waals surface area contributed by atoms with Gasteiger partial charge in [-0.2, -0.15) is 0 Å². The van der Waals surface area contributed by atoms with Gasteiger partial charge in [0, 0.05) is 29.5 Å². The Morgan fingerprint density at radius 3 is 2.58 bits per heavy atom. The van der Waals surface area contributed by atoms with Gasteiger partial charge in [-0.05, 0) is 73.2 Å². The minimum Gasteiger partial charge on any atom is -0.495 e. The van der Waals surface area contributed by atoms with Gasteiger partial charge in [-0.15, -0.1) is 0 Å². The summed E-state index contributed by atoms with van der Waals surface area (Å²) in [4.78, 5) is 6.76. The molecule has 0 aliphatic carbocycles. The van der Waals surface area contributed by atoms with Crippen molar-refractivity contribution in [3.63, 3.8) is 0 Å². The summed E-state index contributed by atoms with van der Waals surface area (Å²) in [7, 11) is 1.61. The van der Waals surface area contributed by atoms with Gasteiger partial charge < -0.3 is 19.5 Å². The summed E-state index contributed by atoms with van der Waals surface area (Å²) in [5, 5.41) is 4.66. The summed E-state index contributed by atoms with van der Waals surface area (Å²) in [5.41, 5.74) is 5.22. The van der Waals surface area contributed by atoms with Crippen molar-refractivity contribution in [2.24, 2.45) is 0 Å². The number of hydrogen-bond donors (Lipinski definition) is 1. The van der Waals surface area contributed by atoms with Crippen molar-refractivity contribution in [3.05, 3.63) is 107 Å². The van der Waals surface area contributed by atoms with Crippen molar-refractivity contribution in [2.75, 3.05) is 12.0 Å². The molecule has 0 spiro atoms. The standard InChI is InChI=1S/C26H23ClN4OS/c1-17-8-3-4-10-21(17)30-15-7-11-22(30)25-24(20-9-5-6-14-28-20)29-26(33)31(25)18-12-13-23(32-2)19(27)16-18/h3-16,24-25H,1-2H3,(H,29,33)/t24-,25+/m0/s1. The molecule has 5 rings (SSSR count). The molecule has 0 unspecified atom stereocenters. The molecule has 2 aromatic carbocycles. The molecule has 1 N–H and O–H groups in total. The highest BCUT2D eigenvalue weighted by molar-refractivity contribution is 7.80. The predicted octanol–water partition coefficient (Wildman–Crippen LogP) is 6.02. The second-order valence-corrected chi connectivity index (χ2v) is 8.70. The molecule has 0 amide bonds. The minimum absolute atomic E-state index is 0.141. The van der Waals surface area contributed by atoms with Crippen LogP contribution in [0.2, 0.25) is 5.02 Å². The third kappa shape index (κ3) is 3.86. The van der Waals surface area contributed by atoms with E-state index in [1.165, 1.54) is 5.56 Å². The molecule has 1 aliphatic rings. The number of halogens is 1. The number of aromatic nitrogens is 2. The number of hydrogen-bond acceptors (Lipinski definition) is 3. The number of nitrogens with one attached hydrogen (secondary N) is 1. The van der Waals surface area contributed by atoms with E-state index in [-0.39, 0.29) is 12.1 Å². The minimum atomic E-state index is -0.147. The number of rotatable bonds is 5. The number of thiocarbonyl (C=S) groups is 1. The van der Waals surface area contributed by atoms with Gasteiger partial charge in [0.2, 0.25) is 0 Å². The lowest BCUT2D eigenvalue weighted by molar-refractivity contribution is 0.415. The highest BCUT2D eigenvalue weighted by Gasteiger charge is 2.42. The van der Waals surface area contributed by atoms with E-state index < -0.39 is 0 Å². The first kappa shape index (κ1) is 21.5. The average molecular weight is 475 g/mol. The first-order chi connectivity index (χ1) is 16.1. The molecular weight excluding hydrogens is 452 g/mol. The fraction of sp³-hybridized carbons (Fsp3) is 0.154. The van der Waals surface area contributed by atoms with E-state index in [0.717, 1.165) is 22.8 Å². The molecule has 0 bridgehead atoms. The average Bonchev–Trinajstić information content (AvgIpc) is 3.44. The van der Waals surface area contributed by atoms with Crippen LogP contribution in [0.1, 0.15) is 29.0 Å². The quantitative estimate of drug-likeness (QED) is 0.358. The van der Waals surface area contributed by atoms with E-state index in [1.54, 1.807) is 7.11 Å². The molecule has 3 heterocycles. The number of aryl methyl sites for hydroxylation is 1. The third-order valence-corrected chi connectivity index (χ3v) is 6.58. The van der Waals surface area contributed by atoms with Crippen LogP contribution < -0.4 is 15.0 Å². The molecule has 0 saturated carbocycles. The van der Waals surface area contributed by atoms with Gasteiger partial charge in [0.05, 0.1) is 23.9 Å². The predicted molar refractivity (Wildman–Crippen MR) is 136 cm³/mol. The van der Waals surface area contributed by atoms with E-state index in [2.05, 4.69) is 69.3 Å². The maximum atomic E-state index is 6.50. The molecule has 2 atom stereocenters. The first-order valence-corrected chi connectivity index (χ1v) is 11.4. The normalized spacial score (nSPS) is 17.8. The molecule has 4 aromatic rings. The SMILES string of the molecule is COc1ccc(N2C(=S)N[C@@H](c3ccccn3)[C@H]2c2cccn2-c2ccccc2C)cc1Cl. The van der Waals surface area contributed by atoms with Crippen molar-refractivity contribution in [1.82, 2.24) is 14.9 Å². The van der Waals surface area contributed by atoms with Crippen LogP contribution in [-0.2, 0) is 0 Å². The number of benzene rings is 2. The maximum absolute atomic E-state index is 6.50. The van der Waals surface area contributed by atoms with E-state index in [1.807, 2.05) is 42.6 Å². The van der Waals surface area contributed by atoms with Gasteiger partial charge in [-0.1, -0.05) is 35.9 Å². The van der Waals surface area contributed by atoms with Gasteiger partial charge in [0.1, 0.15) is 11.8 Å². The lowest BCUT2D eigenvalue weighted by atomic mass is 10.0. The molecule has 1 saturated heterocycles. The molecule has 166 valence electrons. The first-order valence-electron chi connectivity index (χ1n) is 10.7. The Morgan fingerprint density at radius 1 is 1.03 bits per heavy atom. The van der Waals surface area contributed by atoms with E-state index in [4.69, 9.17) is 28.6 Å². The van der Waals surface area contributed by atoms with Crippen LogP contribution in [0.4, 0.5) is 5.69 Å². The van der Waals surface area contributed by atoms with Crippen molar-refractivity contribution in [1.29, 1.82) is 0 Å². The van der Waals surface area contributed by atoms with Crippen molar-refractivity contribution < 1.29 is 4.74 Å². The summed E-state index contributed by atoms with van der Waals surface area (Å²) in [6.45, 7) is 2.12. The van der Waals surface area contributed by atoms with Crippen molar-refractivity contribution >= 4 is 34.6 Å². The Balaban J connectivity index is 1.68. The molecular formula is C26H23ClN4OS. The number of nitrogens with zero attached hydrogens (tertiary/aromatic N) is 3. The Kier molecular flexibility index (Phi) is 5.79. The van der Waals surface area contributed by atoms with Crippen LogP contribution in [0, 0.1) is 6.92 Å². The summed E-state index contributed by atoms with van der Waals surface area (Å²) in [5.74, 6) is 0.625. The van der Waals surface area contributed by atoms with Gasteiger partial charge in [-0.3, -0.25) is 4.98 Å². The molecule has 7 heteroatoms. The van der Waals surface area contributed by atoms with Crippen molar-refractivity contribution in [2.45, 2.75) is 19.0 Å². The third-order valence-electron chi connectivity index (χ3n) is 5.97. The van der Waals surface area contributed by atoms with Crippen LogP contribution in [0.3, 0.4) is 0 Å². The smallest absolute Gasteiger partial charge is 0.174 e.